The van der Waals surface area contributed by atoms with Gasteiger partial charge >= 0.3 is 30.0 Å². The number of anilines is 1. The van der Waals surface area contributed by atoms with Gasteiger partial charge in [0.15, 0.2) is 12.3 Å². The normalized spacial score (nSPS) is 24.3. The predicted octanol–water partition coefficient (Wildman–Crippen LogP) is 4.66. The van der Waals surface area contributed by atoms with E-state index in [4.69, 9.17) is 4.42 Å². The molecule has 0 bridgehead atoms. The molecule has 4 aliphatic rings. The van der Waals surface area contributed by atoms with Crippen LogP contribution in [0.4, 0.5) is 47.4 Å². The molecule has 2 aromatic rings. The van der Waals surface area contributed by atoms with Crippen LogP contribution in [0.5, 0.6) is 0 Å². The first kappa shape index (κ1) is 28.6. The molecule has 0 unspecified atom stereocenters. The fourth-order valence-corrected chi connectivity index (χ4v) is 5.90. The van der Waals surface area contributed by atoms with Gasteiger partial charge in [-0.25, -0.2) is 13.6 Å². The van der Waals surface area contributed by atoms with Crippen molar-refractivity contribution >= 4 is 23.6 Å². The number of urea groups is 1. The second-order valence-corrected chi connectivity index (χ2v) is 11.5. The maximum atomic E-state index is 13.9. The first-order valence-electron chi connectivity index (χ1n) is 13.7. The second-order valence-electron chi connectivity index (χ2n) is 11.5. The number of carbonyl (C=O) groups is 1. The Morgan fingerprint density at radius 1 is 1.12 bits per heavy atom. The summed E-state index contributed by atoms with van der Waals surface area (Å²) in [7, 11) is 0. The van der Waals surface area contributed by atoms with Crippen molar-refractivity contribution in [2.75, 3.05) is 11.9 Å². The zero-order chi connectivity index (χ0) is 30.0. The van der Waals surface area contributed by atoms with Crippen molar-refractivity contribution in [2.45, 2.75) is 88.1 Å². The van der Waals surface area contributed by atoms with Crippen molar-refractivity contribution in [3.05, 3.63) is 23.7 Å². The van der Waals surface area contributed by atoms with Crippen LogP contribution in [-0.4, -0.2) is 62.7 Å². The number of fused-ring (bicyclic) bond motifs is 1. The zero-order valence-corrected chi connectivity index (χ0v) is 22.3. The molecule has 10 nitrogen and oxygen atoms in total. The van der Waals surface area contributed by atoms with Gasteiger partial charge in [0, 0.05) is 31.4 Å². The molecular weight excluding hydrogens is 577 g/mol. The Bertz CT molecular complexity index is 1380. The number of amides is 2. The molecule has 2 saturated carbocycles. The minimum absolute atomic E-state index is 0.0285. The van der Waals surface area contributed by atoms with E-state index >= 15 is 0 Å². The average molecular weight is 606 g/mol. The van der Waals surface area contributed by atoms with Crippen molar-refractivity contribution in [2.24, 2.45) is 16.8 Å². The van der Waals surface area contributed by atoms with Crippen LogP contribution in [0.2, 0.25) is 0 Å². The highest BCUT2D eigenvalue weighted by Crippen LogP contribution is 2.46. The summed E-state index contributed by atoms with van der Waals surface area (Å²) in [6, 6.07) is -2.77. The number of carbonyl (C=O) groups excluding carboxylic acids is 1. The third-order valence-electron chi connectivity index (χ3n) is 8.23. The Hall–Kier alpha value is -3.53. The molecule has 17 heteroatoms. The van der Waals surface area contributed by atoms with E-state index in [1.54, 1.807) is 6.07 Å². The van der Waals surface area contributed by atoms with Gasteiger partial charge in [-0.2, -0.15) is 22.0 Å². The number of halogens is 7. The lowest BCUT2D eigenvalue weighted by Gasteiger charge is -2.32. The molecule has 2 aromatic heterocycles. The van der Waals surface area contributed by atoms with Crippen LogP contribution in [0.1, 0.15) is 62.9 Å². The van der Waals surface area contributed by atoms with Gasteiger partial charge in [0.1, 0.15) is 6.04 Å². The summed E-state index contributed by atoms with van der Waals surface area (Å²) in [5.41, 5.74) is 0.997. The lowest BCUT2D eigenvalue weighted by atomic mass is 9.80. The fourth-order valence-electron chi connectivity index (χ4n) is 5.90. The van der Waals surface area contributed by atoms with E-state index in [1.807, 2.05) is 5.32 Å². The second kappa shape index (κ2) is 10.0. The van der Waals surface area contributed by atoms with Crippen molar-refractivity contribution in [1.82, 2.24) is 25.5 Å². The first-order valence-corrected chi connectivity index (χ1v) is 13.7. The minimum Gasteiger partial charge on any atom is -0.402 e. The van der Waals surface area contributed by atoms with E-state index in [0.717, 1.165) is 12.8 Å². The van der Waals surface area contributed by atoms with Gasteiger partial charge < -0.3 is 20.0 Å². The molecule has 3 fully saturated rings. The predicted molar refractivity (Wildman–Crippen MR) is 130 cm³/mol. The summed E-state index contributed by atoms with van der Waals surface area (Å²) in [5.74, 6) is -7.11. The molecule has 1 saturated heterocycles. The van der Waals surface area contributed by atoms with Gasteiger partial charge in [-0.15, -0.1) is 9.78 Å². The Balaban J connectivity index is 1.27. The number of nitrogens with one attached hydrogen (secondary N) is 2. The van der Waals surface area contributed by atoms with Gasteiger partial charge in [0.05, 0.1) is 24.8 Å². The van der Waals surface area contributed by atoms with Gasteiger partial charge in [-0.05, 0) is 42.5 Å². The molecule has 3 atom stereocenters. The van der Waals surface area contributed by atoms with E-state index in [2.05, 4.69) is 25.6 Å². The highest BCUT2D eigenvalue weighted by Gasteiger charge is 2.51. The smallest absolute Gasteiger partial charge is 0.402 e. The minimum atomic E-state index is -4.58. The monoisotopic (exact) mass is 605 g/mol. The van der Waals surface area contributed by atoms with E-state index in [-0.39, 0.29) is 50.1 Å². The summed E-state index contributed by atoms with van der Waals surface area (Å²) in [5, 5.41) is 16.4. The molecule has 4 heterocycles. The lowest BCUT2D eigenvalue weighted by Crippen LogP contribution is -2.46. The van der Waals surface area contributed by atoms with Crippen LogP contribution in [0.15, 0.2) is 21.7 Å². The number of aromatic nitrogens is 4. The number of hydrogen-bond donors (Lipinski definition) is 2. The molecule has 6 rings (SSSR count). The van der Waals surface area contributed by atoms with E-state index in [1.165, 1.54) is 15.8 Å². The summed E-state index contributed by atoms with van der Waals surface area (Å²) >= 11 is 0. The molecule has 0 aromatic carbocycles. The Kier molecular flexibility index (Phi) is 6.83. The van der Waals surface area contributed by atoms with Crippen LogP contribution < -0.4 is 15.3 Å². The molecular formula is C25H28F7N8O2+. The van der Waals surface area contributed by atoms with Gasteiger partial charge in [-0.3, -0.25) is 0 Å². The van der Waals surface area contributed by atoms with Crippen LogP contribution in [0, 0.1) is 11.8 Å². The maximum absolute atomic E-state index is 13.9. The zero-order valence-electron chi connectivity index (χ0n) is 22.3. The number of nitrogens with zero attached hydrogens (tertiary/aromatic N) is 6. The molecule has 2 amide bonds. The van der Waals surface area contributed by atoms with E-state index < -0.39 is 54.6 Å². The fraction of sp³-hybridized carbons (Fsp3) is 0.680. The first-order chi connectivity index (χ1) is 19.7. The Labute approximate surface area is 234 Å². The number of alkyl halides is 7. The topological polar surface area (TPSA) is 112 Å². The van der Waals surface area contributed by atoms with Gasteiger partial charge in [0.25, 0.3) is 5.89 Å². The molecule has 2 aliphatic carbocycles. The molecule has 0 radical (unpaired) electrons. The maximum Gasteiger partial charge on any atom is 0.410 e. The third kappa shape index (κ3) is 5.73. The molecule has 0 spiro atoms. The van der Waals surface area contributed by atoms with Crippen molar-refractivity contribution in [3.63, 3.8) is 0 Å². The van der Waals surface area contributed by atoms with Crippen molar-refractivity contribution in [1.29, 1.82) is 0 Å². The van der Waals surface area contributed by atoms with Crippen LogP contribution in [0.25, 0.3) is 0 Å². The summed E-state index contributed by atoms with van der Waals surface area (Å²) in [6.45, 7) is 0.218. The standard InChI is InChI=1S/C25H27F7N8O2/c1-23(26,27)20-37-38-21(42-20)36-18(12-4-6-24(28,29)7-5-12)15-10-40-17(34-15)8-14(9-33-40)19(13-2-3-13)39-11-16(25(30,31)32)35-22(39)41/h8-9,12-13,16,18-19H,2-7,10-11H2,1H3,(H-,35,36,38,41)/p+1/t16-,18-,19+/m0/s1. The van der Waals surface area contributed by atoms with Crippen LogP contribution >= 0.6 is 0 Å². The Morgan fingerprint density at radius 2 is 1.83 bits per heavy atom. The van der Waals surface area contributed by atoms with E-state index in [0.29, 0.717) is 24.0 Å². The van der Waals surface area contributed by atoms with Crippen molar-refractivity contribution < 1.29 is 44.6 Å². The van der Waals surface area contributed by atoms with Crippen LogP contribution in [0.3, 0.4) is 0 Å². The Morgan fingerprint density at radius 3 is 2.43 bits per heavy atom. The number of rotatable bonds is 8. The highest BCUT2D eigenvalue weighted by atomic mass is 19.4. The molecule has 42 heavy (non-hydrogen) atoms. The highest BCUT2D eigenvalue weighted by molar-refractivity contribution is 5.93. The van der Waals surface area contributed by atoms with Gasteiger partial charge in [-0.1, -0.05) is 10.2 Å². The summed E-state index contributed by atoms with van der Waals surface area (Å²) in [4.78, 5) is 18.4. The summed E-state index contributed by atoms with van der Waals surface area (Å²) < 4.78 is 102. The SMILES string of the molecule is CC(F)(F)c1nnc(N[C@H](C2=Nc3cc([C@@H](C4CC4)N4C[C@@H](C(F)(F)F)NC4=O)cn[n+]3C2)C2CCC(F)(F)CC2)o1. The largest absolute Gasteiger partial charge is 0.410 e. The molecule has 2 aliphatic heterocycles. The number of hydrogen-bond acceptors (Lipinski definition) is 7. The summed E-state index contributed by atoms with van der Waals surface area (Å²) in [6.07, 6.45) is -2.06. The van der Waals surface area contributed by atoms with Crippen LogP contribution in [-0.2, 0) is 12.5 Å². The third-order valence-corrected chi connectivity index (χ3v) is 8.23. The quantitative estimate of drug-likeness (QED) is 0.335. The molecule has 2 N–H and O–H groups in total. The van der Waals surface area contributed by atoms with E-state index in [9.17, 15) is 35.5 Å². The van der Waals surface area contributed by atoms with Gasteiger partial charge in [0.2, 0.25) is 5.92 Å². The van der Waals surface area contributed by atoms with Crippen molar-refractivity contribution in [3.8, 4) is 0 Å². The lowest BCUT2D eigenvalue weighted by molar-refractivity contribution is -0.723. The average Bonchev–Trinajstić information content (AvgIpc) is 3.27. The molecule has 228 valence electrons. The number of aliphatic imine (C=N–C) groups is 1.